The van der Waals surface area contributed by atoms with E-state index in [-0.39, 0.29) is 5.91 Å². The Hall–Kier alpha value is -2.04. The van der Waals surface area contributed by atoms with Crippen LogP contribution in [0.2, 0.25) is 0 Å². The van der Waals surface area contributed by atoms with Crippen LogP contribution in [0.5, 0.6) is 11.5 Å². The van der Waals surface area contributed by atoms with Crippen LogP contribution >= 0.6 is 0 Å². The molecule has 1 aromatic carbocycles. The van der Waals surface area contributed by atoms with E-state index in [1.807, 2.05) is 6.92 Å². The highest BCUT2D eigenvalue weighted by Crippen LogP contribution is 2.33. The number of carbonyl (C=O) groups excluding carboxylic acids is 2. The molecule has 0 spiro atoms. The molecule has 0 fully saturated rings. The van der Waals surface area contributed by atoms with Crippen LogP contribution in [0.15, 0.2) is 18.2 Å². The molecule has 90 valence electrons. The summed E-state index contributed by atoms with van der Waals surface area (Å²) >= 11 is 0. The average molecular weight is 235 g/mol. The fraction of sp³-hybridized carbons (Fsp3) is 0.333. The highest BCUT2D eigenvalue weighted by molar-refractivity contribution is 5.97. The van der Waals surface area contributed by atoms with E-state index in [0.717, 1.165) is 0 Å². The summed E-state index contributed by atoms with van der Waals surface area (Å²) in [6, 6.07) is 4.85. The molecule has 5 nitrogen and oxygen atoms in total. The summed E-state index contributed by atoms with van der Waals surface area (Å²) in [5.41, 5.74) is 0.593. The van der Waals surface area contributed by atoms with Gasteiger partial charge in [0.25, 0.3) is 5.91 Å². The minimum atomic E-state index is -0.491. The first kappa shape index (κ1) is 11.4. The quantitative estimate of drug-likeness (QED) is 0.626. The molecule has 1 atom stereocenters. The van der Waals surface area contributed by atoms with Crippen LogP contribution < -0.4 is 14.8 Å². The Morgan fingerprint density at radius 1 is 1.53 bits per heavy atom. The number of amides is 1. The number of anilines is 1. The van der Waals surface area contributed by atoms with Crippen molar-refractivity contribution in [1.82, 2.24) is 0 Å². The summed E-state index contributed by atoms with van der Waals surface area (Å²) < 4.78 is 10.5. The third kappa shape index (κ3) is 2.38. The Balaban J connectivity index is 2.27. The van der Waals surface area contributed by atoms with Gasteiger partial charge >= 0.3 is 5.97 Å². The Bertz CT molecular complexity index is 470. The summed E-state index contributed by atoms with van der Waals surface area (Å²) in [5.74, 6) is 0.384. The van der Waals surface area contributed by atoms with Crippen molar-refractivity contribution in [2.75, 3.05) is 5.32 Å². The zero-order chi connectivity index (χ0) is 12.4. The number of fused-ring (bicyclic) bond motifs is 1. The molecule has 0 aromatic heterocycles. The maximum atomic E-state index is 11.5. The number of nitrogens with one attached hydrogen (secondary N) is 1. The number of carbonyl (C=O) groups is 2. The predicted octanol–water partition coefficient (Wildman–Crippen LogP) is 1.72. The van der Waals surface area contributed by atoms with Crippen LogP contribution in [0.3, 0.4) is 0 Å². The first-order valence-corrected chi connectivity index (χ1v) is 5.40. The van der Waals surface area contributed by atoms with Crippen LogP contribution in [-0.4, -0.2) is 18.0 Å². The Morgan fingerprint density at radius 3 is 2.94 bits per heavy atom. The van der Waals surface area contributed by atoms with Crippen molar-refractivity contribution >= 4 is 17.6 Å². The number of benzene rings is 1. The van der Waals surface area contributed by atoms with Crippen molar-refractivity contribution in [2.45, 2.75) is 26.4 Å². The number of ether oxygens (including phenoxy) is 2. The minimum absolute atomic E-state index is 0.153. The summed E-state index contributed by atoms with van der Waals surface area (Å²) in [7, 11) is 0. The zero-order valence-corrected chi connectivity index (χ0v) is 9.65. The van der Waals surface area contributed by atoms with Crippen molar-refractivity contribution in [1.29, 1.82) is 0 Å². The van der Waals surface area contributed by atoms with E-state index in [9.17, 15) is 9.59 Å². The van der Waals surface area contributed by atoms with Crippen molar-refractivity contribution in [3.8, 4) is 11.5 Å². The fourth-order valence-corrected chi connectivity index (χ4v) is 1.62. The number of hydrogen-bond donors (Lipinski definition) is 1. The second-order valence-corrected chi connectivity index (χ2v) is 3.76. The third-order valence-corrected chi connectivity index (χ3v) is 2.40. The summed E-state index contributed by atoms with van der Waals surface area (Å²) in [6.07, 6.45) is 0.0957. The largest absolute Gasteiger partial charge is 0.478 e. The number of esters is 1. The molecule has 1 heterocycles. The SMILES string of the molecule is CCC1Oc2cc(OC(C)=O)ccc2NC1=O. The number of hydrogen-bond acceptors (Lipinski definition) is 4. The van der Waals surface area contributed by atoms with Crippen LogP contribution in [0.1, 0.15) is 20.3 Å². The molecule has 5 heteroatoms. The van der Waals surface area contributed by atoms with Crippen molar-refractivity contribution < 1.29 is 19.1 Å². The Kier molecular flexibility index (Phi) is 2.99. The normalized spacial score (nSPS) is 17.8. The molecular weight excluding hydrogens is 222 g/mol. The van der Waals surface area contributed by atoms with Gasteiger partial charge in [-0.05, 0) is 18.6 Å². The van der Waals surface area contributed by atoms with Gasteiger partial charge in [0, 0.05) is 13.0 Å². The topological polar surface area (TPSA) is 64.6 Å². The second kappa shape index (κ2) is 4.45. The van der Waals surface area contributed by atoms with Gasteiger partial charge in [-0.2, -0.15) is 0 Å². The smallest absolute Gasteiger partial charge is 0.308 e. The third-order valence-electron chi connectivity index (χ3n) is 2.40. The first-order valence-electron chi connectivity index (χ1n) is 5.40. The van der Waals surface area contributed by atoms with Crippen LogP contribution in [0, 0.1) is 0 Å². The van der Waals surface area contributed by atoms with Gasteiger partial charge in [0.2, 0.25) is 0 Å². The minimum Gasteiger partial charge on any atom is -0.478 e. The highest BCUT2D eigenvalue weighted by atomic mass is 16.5. The molecule has 0 aliphatic carbocycles. The Morgan fingerprint density at radius 2 is 2.29 bits per heavy atom. The predicted molar refractivity (Wildman–Crippen MR) is 61.1 cm³/mol. The van der Waals surface area contributed by atoms with Gasteiger partial charge < -0.3 is 14.8 Å². The Labute approximate surface area is 98.7 Å². The van der Waals surface area contributed by atoms with Crippen molar-refractivity contribution in [3.63, 3.8) is 0 Å². The average Bonchev–Trinajstić information content (AvgIpc) is 2.28. The van der Waals surface area contributed by atoms with E-state index in [1.165, 1.54) is 6.92 Å². The van der Waals surface area contributed by atoms with Crippen LogP contribution in [-0.2, 0) is 9.59 Å². The highest BCUT2D eigenvalue weighted by Gasteiger charge is 2.26. The van der Waals surface area contributed by atoms with Gasteiger partial charge in [-0.3, -0.25) is 9.59 Å². The van der Waals surface area contributed by atoms with Gasteiger partial charge in [0.05, 0.1) is 5.69 Å². The molecule has 0 saturated carbocycles. The van der Waals surface area contributed by atoms with Crippen molar-refractivity contribution in [2.24, 2.45) is 0 Å². The van der Waals surface area contributed by atoms with Gasteiger partial charge in [0.15, 0.2) is 6.10 Å². The molecule has 1 amide bonds. The maximum Gasteiger partial charge on any atom is 0.308 e. The lowest BCUT2D eigenvalue weighted by Gasteiger charge is -2.25. The van der Waals surface area contributed by atoms with E-state index in [2.05, 4.69) is 5.32 Å². The van der Waals surface area contributed by atoms with E-state index in [4.69, 9.17) is 9.47 Å². The molecule has 0 bridgehead atoms. The molecule has 1 aliphatic heterocycles. The van der Waals surface area contributed by atoms with E-state index < -0.39 is 12.1 Å². The molecule has 1 unspecified atom stereocenters. The lowest BCUT2D eigenvalue weighted by molar-refractivity contribution is -0.132. The van der Waals surface area contributed by atoms with E-state index in [0.29, 0.717) is 23.6 Å². The molecule has 1 aliphatic rings. The molecule has 0 radical (unpaired) electrons. The van der Waals surface area contributed by atoms with Crippen molar-refractivity contribution in [3.05, 3.63) is 18.2 Å². The van der Waals surface area contributed by atoms with Gasteiger partial charge in [-0.1, -0.05) is 6.92 Å². The molecule has 0 saturated heterocycles. The molecule has 1 aromatic rings. The summed E-state index contributed by atoms with van der Waals surface area (Å²) in [6.45, 7) is 3.20. The van der Waals surface area contributed by atoms with Crippen LogP contribution in [0.4, 0.5) is 5.69 Å². The summed E-state index contributed by atoms with van der Waals surface area (Å²) in [5, 5.41) is 2.74. The second-order valence-electron chi connectivity index (χ2n) is 3.76. The number of rotatable bonds is 2. The molecule has 2 rings (SSSR count). The lowest BCUT2D eigenvalue weighted by atomic mass is 10.2. The van der Waals surface area contributed by atoms with Gasteiger partial charge in [-0.25, -0.2) is 0 Å². The van der Waals surface area contributed by atoms with E-state index in [1.54, 1.807) is 18.2 Å². The van der Waals surface area contributed by atoms with Gasteiger partial charge in [0.1, 0.15) is 11.5 Å². The maximum absolute atomic E-state index is 11.5. The molecule has 1 N–H and O–H groups in total. The molecular formula is C12H13NO4. The first-order chi connectivity index (χ1) is 8.10. The lowest BCUT2D eigenvalue weighted by Crippen LogP contribution is -2.36. The fourth-order valence-electron chi connectivity index (χ4n) is 1.62. The molecule has 17 heavy (non-hydrogen) atoms. The zero-order valence-electron chi connectivity index (χ0n) is 9.65. The van der Waals surface area contributed by atoms with Gasteiger partial charge in [-0.15, -0.1) is 0 Å². The standard InChI is InChI=1S/C12H13NO4/c1-3-10-12(15)13-9-5-4-8(16-7(2)14)6-11(9)17-10/h4-6,10H,3H2,1-2H3,(H,13,15). The monoisotopic (exact) mass is 235 g/mol. The van der Waals surface area contributed by atoms with Crippen LogP contribution in [0.25, 0.3) is 0 Å². The van der Waals surface area contributed by atoms with E-state index >= 15 is 0 Å². The summed E-state index contributed by atoms with van der Waals surface area (Å²) in [4.78, 5) is 22.4.